The van der Waals surface area contributed by atoms with Gasteiger partial charge in [-0.2, -0.15) is 4.31 Å². The third kappa shape index (κ3) is 2.88. The molecule has 0 aromatic carbocycles. The highest BCUT2D eigenvalue weighted by atomic mass is 35.5. The summed E-state index contributed by atoms with van der Waals surface area (Å²) < 4.78 is 26.9. The molecule has 1 aromatic heterocycles. The van der Waals surface area contributed by atoms with E-state index in [0.29, 0.717) is 19.1 Å². The van der Waals surface area contributed by atoms with Crippen LogP contribution >= 0.6 is 11.6 Å². The van der Waals surface area contributed by atoms with Crippen LogP contribution in [0.1, 0.15) is 19.3 Å². The van der Waals surface area contributed by atoms with E-state index in [2.05, 4.69) is 9.88 Å². The number of rotatable bonds is 2. The minimum atomic E-state index is -3.55. The highest BCUT2D eigenvalue weighted by molar-refractivity contribution is 7.89. The van der Waals surface area contributed by atoms with Crippen molar-refractivity contribution < 1.29 is 8.42 Å². The number of aromatic nitrogens is 1. The number of hydrogen-bond donors (Lipinski definition) is 1. The Morgan fingerprint density at radius 2 is 2.10 bits per heavy atom. The summed E-state index contributed by atoms with van der Waals surface area (Å²) in [6.07, 6.45) is 4.72. The van der Waals surface area contributed by atoms with Gasteiger partial charge in [0.1, 0.15) is 10.7 Å². The molecule has 2 aliphatic rings. The van der Waals surface area contributed by atoms with Crippen LogP contribution in [0.15, 0.2) is 17.2 Å². The third-order valence-electron chi connectivity index (χ3n) is 4.28. The van der Waals surface area contributed by atoms with Crippen LogP contribution in [0, 0.1) is 0 Å². The molecule has 2 aliphatic heterocycles. The summed E-state index contributed by atoms with van der Waals surface area (Å²) in [7, 11) is -3.55. The minimum Gasteiger partial charge on any atom is -0.382 e. The second kappa shape index (κ2) is 5.72. The number of fused-ring (bicyclic) bond motifs is 1. The Labute approximate surface area is 129 Å². The predicted octanol–water partition coefficient (Wildman–Crippen LogP) is 1.18. The molecule has 2 fully saturated rings. The Bertz CT molecular complexity index is 637. The van der Waals surface area contributed by atoms with Crippen molar-refractivity contribution in [1.82, 2.24) is 14.2 Å². The minimum absolute atomic E-state index is 0.117. The van der Waals surface area contributed by atoms with E-state index in [-0.39, 0.29) is 15.7 Å². The summed E-state index contributed by atoms with van der Waals surface area (Å²) in [5.41, 5.74) is 5.54. The van der Waals surface area contributed by atoms with Crippen molar-refractivity contribution in [2.24, 2.45) is 0 Å². The number of nitrogens with two attached hydrogens (primary N) is 1. The van der Waals surface area contributed by atoms with Gasteiger partial charge in [-0.25, -0.2) is 13.4 Å². The maximum absolute atomic E-state index is 12.7. The van der Waals surface area contributed by atoms with Crippen molar-refractivity contribution in [3.05, 3.63) is 17.3 Å². The fraction of sp³-hybridized carbons (Fsp3) is 0.615. The maximum Gasteiger partial charge on any atom is 0.244 e. The first-order chi connectivity index (χ1) is 9.98. The lowest BCUT2D eigenvalue weighted by Gasteiger charge is -2.43. The van der Waals surface area contributed by atoms with Gasteiger partial charge >= 0.3 is 0 Å². The van der Waals surface area contributed by atoms with E-state index < -0.39 is 10.0 Å². The van der Waals surface area contributed by atoms with Crippen LogP contribution in [0.5, 0.6) is 0 Å². The molecule has 0 radical (unpaired) electrons. The van der Waals surface area contributed by atoms with Gasteiger partial charge in [-0.15, -0.1) is 0 Å². The van der Waals surface area contributed by atoms with Crippen LogP contribution in [0.25, 0.3) is 0 Å². The Morgan fingerprint density at radius 3 is 2.86 bits per heavy atom. The van der Waals surface area contributed by atoms with E-state index in [4.69, 9.17) is 17.3 Å². The molecule has 1 unspecified atom stereocenters. The predicted molar refractivity (Wildman–Crippen MR) is 81.6 cm³/mol. The summed E-state index contributed by atoms with van der Waals surface area (Å²) in [5, 5.41) is 0.173. The molecular formula is C13H19ClN4O2S. The van der Waals surface area contributed by atoms with E-state index in [1.165, 1.54) is 25.1 Å². The molecule has 0 bridgehead atoms. The zero-order chi connectivity index (χ0) is 15.0. The van der Waals surface area contributed by atoms with Crippen molar-refractivity contribution in [1.29, 1.82) is 0 Å². The number of nitrogen functional groups attached to an aromatic ring is 1. The van der Waals surface area contributed by atoms with Gasteiger partial charge in [0, 0.05) is 31.9 Å². The summed E-state index contributed by atoms with van der Waals surface area (Å²) in [4.78, 5) is 6.36. The molecule has 116 valence electrons. The van der Waals surface area contributed by atoms with Crippen LogP contribution in [0.3, 0.4) is 0 Å². The first-order valence-corrected chi connectivity index (χ1v) is 8.95. The summed E-state index contributed by atoms with van der Waals surface area (Å²) in [6.45, 7) is 2.93. The molecule has 0 spiro atoms. The standard InChI is InChI=1S/C13H19ClN4O2S/c14-12-7-11(8-16-13(12)15)21(19,20)18-6-5-17-4-2-1-3-10(17)9-18/h7-8,10H,1-6,9H2,(H2,15,16). The lowest BCUT2D eigenvalue weighted by Crippen LogP contribution is -2.56. The van der Waals surface area contributed by atoms with Gasteiger partial charge in [-0.1, -0.05) is 18.0 Å². The van der Waals surface area contributed by atoms with Crippen molar-refractivity contribution in [3.8, 4) is 0 Å². The van der Waals surface area contributed by atoms with Crippen LogP contribution < -0.4 is 5.73 Å². The van der Waals surface area contributed by atoms with Crippen LogP contribution in [-0.2, 0) is 10.0 Å². The summed E-state index contributed by atoms with van der Waals surface area (Å²) in [6, 6.07) is 1.71. The molecule has 3 heterocycles. The van der Waals surface area contributed by atoms with Gasteiger partial charge in [0.2, 0.25) is 10.0 Å². The fourth-order valence-corrected chi connectivity index (χ4v) is 4.74. The summed E-state index contributed by atoms with van der Waals surface area (Å²) >= 11 is 5.89. The first kappa shape index (κ1) is 15.0. The van der Waals surface area contributed by atoms with E-state index in [9.17, 15) is 8.42 Å². The van der Waals surface area contributed by atoms with E-state index in [1.807, 2.05) is 0 Å². The van der Waals surface area contributed by atoms with Gasteiger partial charge in [-0.3, -0.25) is 4.90 Å². The topological polar surface area (TPSA) is 79.5 Å². The highest BCUT2D eigenvalue weighted by Crippen LogP contribution is 2.27. The monoisotopic (exact) mass is 330 g/mol. The molecule has 0 amide bonds. The van der Waals surface area contributed by atoms with Gasteiger partial charge < -0.3 is 5.73 Å². The largest absolute Gasteiger partial charge is 0.382 e. The van der Waals surface area contributed by atoms with E-state index in [0.717, 1.165) is 19.5 Å². The van der Waals surface area contributed by atoms with Crippen molar-refractivity contribution in [3.63, 3.8) is 0 Å². The molecule has 0 saturated carbocycles. The number of hydrogen-bond acceptors (Lipinski definition) is 5. The lowest BCUT2D eigenvalue weighted by atomic mass is 10.0. The first-order valence-electron chi connectivity index (χ1n) is 7.14. The zero-order valence-electron chi connectivity index (χ0n) is 11.7. The molecule has 1 aromatic rings. The Morgan fingerprint density at radius 1 is 1.29 bits per heavy atom. The van der Waals surface area contributed by atoms with Gasteiger partial charge in [0.15, 0.2) is 0 Å². The summed E-state index contributed by atoms with van der Waals surface area (Å²) in [5.74, 6) is 0.146. The number of halogens is 1. The van der Waals surface area contributed by atoms with Crippen LogP contribution in [0.4, 0.5) is 5.82 Å². The number of piperazine rings is 1. The van der Waals surface area contributed by atoms with Gasteiger partial charge in [0.05, 0.1) is 5.02 Å². The smallest absolute Gasteiger partial charge is 0.244 e. The molecule has 0 aliphatic carbocycles. The van der Waals surface area contributed by atoms with Crippen LogP contribution in [0.2, 0.25) is 5.02 Å². The molecule has 6 nitrogen and oxygen atoms in total. The Hall–Kier alpha value is -0.890. The zero-order valence-corrected chi connectivity index (χ0v) is 13.3. The maximum atomic E-state index is 12.7. The van der Waals surface area contributed by atoms with Gasteiger partial charge in [-0.05, 0) is 25.5 Å². The fourth-order valence-electron chi connectivity index (χ4n) is 3.07. The highest BCUT2D eigenvalue weighted by Gasteiger charge is 2.35. The van der Waals surface area contributed by atoms with E-state index in [1.54, 1.807) is 4.31 Å². The molecule has 21 heavy (non-hydrogen) atoms. The van der Waals surface area contributed by atoms with Crippen molar-refractivity contribution in [2.75, 3.05) is 31.9 Å². The average Bonchev–Trinajstić information content (AvgIpc) is 2.49. The number of anilines is 1. The Balaban J connectivity index is 1.83. The molecule has 8 heteroatoms. The molecular weight excluding hydrogens is 312 g/mol. The van der Waals surface area contributed by atoms with Gasteiger partial charge in [0.25, 0.3) is 0 Å². The van der Waals surface area contributed by atoms with Crippen molar-refractivity contribution in [2.45, 2.75) is 30.2 Å². The van der Waals surface area contributed by atoms with Crippen molar-refractivity contribution >= 4 is 27.4 Å². The third-order valence-corrected chi connectivity index (χ3v) is 6.42. The molecule has 2 saturated heterocycles. The second-order valence-electron chi connectivity index (χ2n) is 5.59. The average molecular weight is 331 g/mol. The second-order valence-corrected chi connectivity index (χ2v) is 7.93. The number of nitrogens with zero attached hydrogens (tertiary/aromatic N) is 3. The number of pyridine rings is 1. The molecule has 3 rings (SSSR count). The molecule has 1 atom stereocenters. The quantitative estimate of drug-likeness (QED) is 0.880. The lowest BCUT2D eigenvalue weighted by molar-refractivity contribution is 0.0851. The molecule has 2 N–H and O–H groups in total. The van der Waals surface area contributed by atoms with Crippen LogP contribution in [-0.4, -0.2) is 54.8 Å². The SMILES string of the molecule is Nc1ncc(S(=O)(=O)N2CCN3CCCCC3C2)cc1Cl. The number of sulfonamides is 1. The normalized spacial score (nSPS) is 24.7. The Kier molecular flexibility index (Phi) is 4.09. The number of piperidine rings is 1. The van der Waals surface area contributed by atoms with E-state index >= 15 is 0 Å².